The molecular weight excluding hydrogens is 545 g/mol. The number of rotatable bonds is 3. The van der Waals surface area contributed by atoms with Gasteiger partial charge in [0.15, 0.2) is 7.14 Å². The van der Waals surface area contributed by atoms with Crippen molar-refractivity contribution in [3.8, 4) is 16.8 Å². The lowest BCUT2D eigenvalue weighted by Crippen LogP contribution is -2.67. The van der Waals surface area contributed by atoms with Gasteiger partial charge in [0.25, 0.3) is 0 Å². The molecule has 1 atom stereocenters. The molecule has 202 valence electrons. The van der Waals surface area contributed by atoms with Crippen LogP contribution in [0.15, 0.2) is 146 Å². The van der Waals surface area contributed by atoms with Gasteiger partial charge in [-0.15, -0.1) is 0 Å². The molecule has 4 heteroatoms. The zero-order valence-corrected chi connectivity index (χ0v) is 25.6. The topological polar surface area (TPSA) is 22.0 Å². The molecule has 0 amide bonds. The van der Waals surface area contributed by atoms with Crippen molar-refractivity contribution in [2.75, 3.05) is 0 Å². The van der Waals surface area contributed by atoms with Gasteiger partial charge < -0.3 is 9.13 Å². The van der Waals surface area contributed by atoms with Crippen LogP contribution in [0, 0.1) is 0 Å². The molecule has 0 N–H and O–H groups in total. The average molecular weight is 576 g/mol. The summed E-state index contributed by atoms with van der Waals surface area (Å²) in [6.45, 7) is 4.80. The SMILES string of the molecule is C[Si]1(C)c2ccccc2P(=O)(c2ccccc2)c2ccc(-c3ccc4c(c3)c3ccccc3n4-c3ccccc3)cc21. The summed E-state index contributed by atoms with van der Waals surface area (Å²) < 4.78 is 17.6. The van der Waals surface area contributed by atoms with Crippen LogP contribution in [0.4, 0.5) is 0 Å². The minimum Gasteiger partial charge on any atom is -0.309 e. The zero-order valence-electron chi connectivity index (χ0n) is 23.7. The van der Waals surface area contributed by atoms with E-state index >= 15 is 4.57 Å². The Morgan fingerprint density at radius 3 is 1.93 bits per heavy atom. The van der Waals surface area contributed by atoms with Gasteiger partial charge in [-0.3, -0.25) is 0 Å². The fourth-order valence-electron chi connectivity index (χ4n) is 6.97. The van der Waals surface area contributed by atoms with E-state index < -0.39 is 15.2 Å². The predicted octanol–water partition coefficient (Wildman–Crippen LogP) is 7.23. The molecule has 0 saturated heterocycles. The van der Waals surface area contributed by atoms with Crippen LogP contribution in [-0.4, -0.2) is 12.6 Å². The third-order valence-electron chi connectivity index (χ3n) is 9.07. The summed E-state index contributed by atoms with van der Waals surface area (Å²) in [5.74, 6) is 0. The Morgan fingerprint density at radius 1 is 0.524 bits per heavy atom. The fraction of sp³-hybridized carbons (Fsp3) is 0.0526. The van der Waals surface area contributed by atoms with Gasteiger partial charge in [-0.2, -0.15) is 0 Å². The van der Waals surface area contributed by atoms with E-state index in [1.54, 1.807) is 0 Å². The van der Waals surface area contributed by atoms with Crippen molar-refractivity contribution in [3.63, 3.8) is 0 Å². The molecule has 1 aliphatic rings. The number of para-hydroxylation sites is 2. The van der Waals surface area contributed by atoms with E-state index in [4.69, 9.17) is 0 Å². The molecule has 0 saturated carbocycles. The first kappa shape index (κ1) is 25.3. The second-order valence-electron chi connectivity index (χ2n) is 11.7. The first-order chi connectivity index (χ1) is 20.5. The molecule has 42 heavy (non-hydrogen) atoms. The van der Waals surface area contributed by atoms with Crippen molar-refractivity contribution in [3.05, 3.63) is 146 Å². The lowest BCUT2D eigenvalue weighted by Gasteiger charge is -2.38. The number of benzene rings is 6. The summed E-state index contributed by atoms with van der Waals surface area (Å²) in [4.78, 5) is 0. The second-order valence-corrected chi connectivity index (χ2v) is 18.8. The molecule has 0 aliphatic carbocycles. The van der Waals surface area contributed by atoms with Crippen molar-refractivity contribution < 1.29 is 4.57 Å². The first-order valence-electron chi connectivity index (χ1n) is 14.5. The van der Waals surface area contributed by atoms with E-state index in [2.05, 4.69) is 127 Å². The molecule has 7 aromatic rings. The molecule has 0 spiro atoms. The van der Waals surface area contributed by atoms with E-state index in [-0.39, 0.29) is 0 Å². The maximum absolute atomic E-state index is 15.3. The van der Waals surface area contributed by atoms with Gasteiger partial charge in [0.05, 0.1) is 11.0 Å². The summed E-state index contributed by atoms with van der Waals surface area (Å²) in [6, 6.07) is 51.3. The highest BCUT2D eigenvalue weighted by Crippen LogP contribution is 2.44. The van der Waals surface area contributed by atoms with Crippen LogP contribution >= 0.6 is 7.14 Å². The lowest BCUT2D eigenvalue weighted by molar-refractivity contribution is 0.592. The van der Waals surface area contributed by atoms with Gasteiger partial charge in [0.2, 0.25) is 0 Å². The van der Waals surface area contributed by atoms with Crippen molar-refractivity contribution >= 4 is 63.3 Å². The van der Waals surface area contributed by atoms with Crippen LogP contribution in [0.5, 0.6) is 0 Å². The fourth-order valence-corrected chi connectivity index (χ4v) is 15.2. The number of hydrogen-bond acceptors (Lipinski definition) is 1. The van der Waals surface area contributed by atoms with Gasteiger partial charge in [0, 0.05) is 32.4 Å². The number of fused-ring (bicyclic) bond motifs is 5. The Morgan fingerprint density at radius 2 is 1.12 bits per heavy atom. The molecule has 2 nitrogen and oxygen atoms in total. The lowest BCUT2D eigenvalue weighted by atomic mass is 10.0. The molecule has 1 unspecified atom stereocenters. The van der Waals surface area contributed by atoms with E-state index in [9.17, 15) is 0 Å². The number of nitrogens with zero attached hydrogens (tertiary/aromatic N) is 1. The van der Waals surface area contributed by atoms with Crippen LogP contribution in [0.25, 0.3) is 38.6 Å². The molecule has 0 bridgehead atoms. The normalized spacial score (nSPS) is 17.2. The van der Waals surface area contributed by atoms with E-state index in [1.807, 2.05) is 36.4 Å². The number of hydrogen-bond donors (Lipinski definition) is 0. The molecule has 6 aromatic carbocycles. The second kappa shape index (κ2) is 9.29. The Bertz CT molecular complexity index is 2200. The molecule has 0 radical (unpaired) electrons. The van der Waals surface area contributed by atoms with Gasteiger partial charge in [-0.25, -0.2) is 0 Å². The molecule has 1 aliphatic heterocycles. The minimum absolute atomic E-state index is 0.908. The third-order valence-corrected chi connectivity index (χ3v) is 16.2. The van der Waals surface area contributed by atoms with Crippen LogP contribution < -0.4 is 26.3 Å². The summed E-state index contributed by atoms with van der Waals surface area (Å²) in [5, 5.41) is 7.97. The smallest absolute Gasteiger partial charge is 0.170 e. The predicted molar refractivity (Wildman–Crippen MR) is 182 cm³/mol. The van der Waals surface area contributed by atoms with Crippen molar-refractivity contribution in [2.24, 2.45) is 0 Å². The van der Waals surface area contributed by atoms with Crippen molar-refractivity contribution in [1.82, 2.24) is 4.57 Å². The van der Waals surface area contributed by atoms with Gasteiger partial charge in [-0.05, 0) is 51.8 Å². The van der Waals surface area contributed by atoms with Crippen LogP contribution in [0.3, 0.4) is 0 Å². The third kappa shape index (κ3) is 3.54. The van der Waals surface area contributed by atoms with E-state index in [0.29, 0.717) is 0 Å². The Kier molecular flexibility index (Phi) is 5.59. The monoisotopic (exact) mass is 575 g/mol. The minimum atomic E-state index is -3.01. The standard InChI is InChI=1S/C38H30NOPSi/c1-42(2)37-20-12-11-19-35(37)41(40,30-15-7-4-8-16-30)36-24-22-28(26-38(36)42)27-21-23-34-32(25-27)31-17-9-10-18-33(31)39(34)29-13-5-3-6-14-29/h3-26H,1-2H3. The van der Waals surface area contributed by atoms with Crippen LogP contribution in [0.2, 0.25) is 13.1 Å². The summed E-state index contributed by atoms with van der Waals surface area (Å²) in [5.41, 5.74) is 5.91. The molecule has 8 rings (SSSR count). The van der Waals surface area contributed by atoms with Gasteiger partial charge in [0.1, 0.15) is 8.07 Å². The highest BCUT2D eigenvalue weighted by atomic mass is 31.2. The maximum Gasteiger partial charge on any atom is 0.170 e. The summed E-state index contributed by atoms with van der Waals surface area (Å²) in [6.07, 6.45) is 0. The maximum atomic E-state index is 15.3. The number of aromatic nitrogens is 1. The Labute approximate surface area is 247 Å². The quantitative estimate of drug-likeness (QED) is 0.161. The van der Waals surface area contributed by atoms with Crippen molar-refractivity contribution in [2.45, 2.75) is 13.1 Å². The zero-order chi connectivity index (χ0) is 28.5. The summed E-state index contributed by atoms with van der Waals surface area (Å²) in [7, 11) is -5.14. The van der Waals surface area contributed by atoms with Crippen LogP contribution in [-0.2, 0) is 4.57 Å². The molecule has 2 heterocycles. The highest BCUT2D eigenvalue weighted by Gasteiger charge is 2.45. The largest absolute Gasteiger partial charge is 0.309 e. The van der Waals surface area contributed by atoms with Crippen LogP contribution in [0.1, 0.15) is 0 Å². The average Bonchev–Trinajstić information content (AvgIpc) is 3.38. The Balaban J connectivity index is 1.35. The van der Waals surface area contributed by atoms with E-state index in [0.717, 1.165) is 21.6 Å². The first-order valence-corrected chi connectivity index (χ1v) is 19.2. The van der Waals surface area contributed by atoms with Gasteiger partial charge >= 0.3 is 0 Å². The Hall–Kier alpha value is -4.43. The molecule has 0 fully saturated rings. The molecule has 1 aromatic heterocycles. The highest BCUT2D eigenvalue weighted by molar-refractivity contribution is 7.86. The van der Waals surface area contributed by atoms with E-state index in [1.165, 1.54) is 43.3 Å². The summed E-state index contributed by atoms with van der Waals surface area (Å²) >= 11 is 0. The van der Waals surface area contributed by atoms with Gasteiger partial charge in [-0.1, -0.05) is 128 Å². The van der Waals surface area contributed by atoms with Crippen molar-refractivity contribution in [1.29, 1.82) is 0 Å². The molecular formula is C38H30NOPSi.